The highest BCUT2D eigenvalue weighted by Gasteiger charge is 2.18. The average Bonchev–Trinajstić information content (AvgIpc) is 3.26. The first-order valence-electron chi connectivity index (χ1n) is 9.47. The van der Waals surface area contributed by atoms with Crippen molar-refractivity contribution < 1.29 is 19.2 Å². The molecule has 8 heteroatoms. The second kappa shape index (κ2) is 9.29. The number of hydrogen-bond donors (Lipinski definition) is 1. The molecule has 1 heterocycles. The fourth-order valence-corrected chi connectivity index (χ4v) is 3.33. The van der Waals surface area contributed by atoms with Crippen LogP contribution in [0.3, 0.4) is 0 Å². The molecule has 0 saturated carbocycles. The maximum Gasteiger partial charge on any atom is 0.338 e. The first-order valence-corrected chi connectivity index (χ1v) is 9.47. The minimum Gasteiger partial charge on any atom is -0.465 e. The number of amides is 1. The molecule has 1 fully saturated rings. The number of non-ortho nitro benzene ring substituents is 1. The van der Waals surface area contributed by atoms with Crippen molar-refractivity contribution in [2.75, 3.05) is 32.1 Å². The second-order valence-electron chi connectivity index (χ2n) is 6.97. The first kappa shape index (κ1) is 20.5. The van der Waals surface area contributed by atoms with Gasteiger partial charge in [0.15, 0.2) is 0 Å². The molecule has 1 aliphatic heterocycles. The van der Waals surface area contributed by atoms with Crippen molar-refractivity contribution in [2.24, 2.45) is 0 Å². The van der Waals surface area contributed by atoms with Crippen molar-refractivity contribution in [1.29, 1.82) is 0 Å². The Morgan fingerprint density at radius 1 is 1.10 bits per heavy atom. The van der Waals surface area contributed by atoms with Crippen LogP contribution in [-0.4, -0.2) is 48.4 Å². The molecule has 1 N–H and O–H groups in total. The summed E-state index contributed by atoms with van der Waals surface area (Å²) in [6.45, 7) is 3.34. The van der Waals surface area contributed by atoms with Crippen LogP contribution in [0.2, 0.25) is 0 Å². The number of nitro groups is 1. The summed E-state index contributed by atoms with van der Waals surface area (Å²) in [5.41, 5.74) is 1.36. The first-order chi connectivity index (χ1) is 14.0. The predicted molar refractivity (Wildman–Crippen MR) is 108 cm³/mol. The number of likely N-dealkylation sites (tertiary alicyclic amines) is 1. The number of nitro benzene ring substituents is 1. The Labute approximate surface area is 168 Å². The molecule has 2 aromatic carbocycles. The molecule has 1 amide bonds. The fourth-order valence-electron chi connectivity index (χ4n) is 3.33. The van der Waals surface area contributed by atoms with Crippen LogP contribution in [-0.2, 0) is 11.2 Å². The third-order valence-electron chi connectivity index (χ3n) is 4.94. The number of esters is 1. The summed E-state index contributed by atoms with van der Waals surface area (Å²) in [7, 11) is 1.17. The van der Waals surface area contributed by atoms with Gasteiger partial charge in [0.25, 0.3) is 11.6 Å². The lowest BCUT2D eigenvalue weighted by atomic mass is 10.1. The van der Waals surface area contributed by atoms with E-state index >= 15 is 0 Å². The lowest BCUT2D eigenvalue weighted by Crippen LogP contribution is -2.21. The van der Waals surface area contributed by atoms with Gasteiger partial charge in [0.1, 0.15) is 0 Å². The molecule has 29 heavy (non-hydrogen) atoms. The number of ether oxygens (including phenoxy) is 1. The van der Waals surface area contributed by atoms with Gasteiger partial charge in [0, 0.05) is 29.9 Å². The lowest BCUT2D eigenvalue weighted by Gasteiger charge is -2.14. The van der Waals surface area contributed by atoms with Crippen LogP contribution in [0.5, 0.6) is 0 Å². The SMILES string of the molecule is COC(=O)c1cc(C(=O)Nc2ccc(CCN3CCCC3)cc2)cc([N+](=O)[O-])c1. The van der Waals surface area contributed by atoms with Crippen LogP contribution in [0.1, 0.15) is 39.1 Å². The summed E-state index contributed by atoms with van der Waals surface area (Å²) in [5, 5.41) is 13.8. The van der Waals surface area contributed by atoms with Crippen LogP contribution in [0.25, 0.3) is 0 Å². The minimum absolute atomic E-state index is 0.0118. The van der Waals surface area contributed by atoms with E-state index in [1.807, 2.05) is 12.1 Å². The molecule has 0 aliphatic carbocycles. The number of carbonyl (C=O) groups is 2. The fraction of sp³-hybridized carbons (Fsp3) is 0.333. The van der Waals surface area contributed by atoms with Gasteiger partial charge >= 0.3 is 5.97 Å². The molecule has 1 saturated heterocycles. The maximum absolute atomic E-state index is 12.5. The molecular formula is C21H23N3O5. The minimum atomic E-state index is -0.745. The Morgan fingerprint density at radius 3 is 2.38 bits per heavy atom. The normalized spacial score (nSPS) is 13.8. The molecule has 3 rings (SSSR count). The van der Waals surface area contributed by atoms with Crippen molar-refractivity contribution in [3.8, 4) is 0 Å². The zero-order chi connectivity index (χ0) is 20.8. The predicted octanol–water partition coefficient (Wildman–Crippen LogP) is 3.27. The molecule has 0 unspecified atom stereocenters. The summed E-state index contributed by atoms with van der Waals surface area (Å²) >= 11 is 0. The quantitative estimate of drug-likeness (QED) is 0.437. The Morgan fingerprint density at radius 2 is 1.76 bits per heavy atom. The third-order valence-corrected chi connectivity index (χ3v) is 4.94. The van der Waals surface area contributed by atoms with E-state index in [0.29, 0.717) is 5.69 Å². The summed E-state index contributed by atoms with van der Waals surface area (Å²) in [4.78, 5) is 37.2. The van der Waals surface area contributed by atoms with E-state index in [-0.39, 0.29) is 16.8 Å². The van der Waals surface area contributed by atoms with E-state index in [0.717, 1.165) is 38.2 Å². The van der Waals surface area contributed by atoms with Crippen LogP contribution >= 0.6 is 0 Å². The highest BCUT2D eigenvalue weighted by Crippen LogP contribution is 2.20. The molecule has 0 aromatic heterocycles. The standard InChI is InChI=1S/C21H23N3O5/c1-29-21(26)17-12-16(13-19(14-17)24(27)28)20(25)22-18-6-4-15(5-7-18)8-11-23-9-2-3-10-23/h4-7,12-14H,2-3,8-11H2,1H3,(H,22,25). The van der Waals surface area contributed by atoms with Gasteiger partial charge in [-0.15, -0.1) is 0 Å². The molecule has 8 nitrogen and oxygen atoms in total. The topological polar surface area (TPSA) is 102 Å². The van der Waals surface area contributed by atoms with E-state index < -0.39 is 16.8 Å². The van der Waals surface area contributed by atoms with Gasteiger partial charge in [-0.2, -0.15) is 0 Å². The molecule has 0 atom stereocenters. The molecule has 2 aromatic rings. The van der Waals surface area contributed by atoms with Crippen molar-refractivity contribution in [3.05, 3.63) is 69.3 Å². The largest absolute Gasteiger partial charge is 0.465 e. The average molecular weight is 397 g/mol. The number of benzene rings is 2. The van der Waals surface area contributed by atoms with Crippen LogP contribution in [0.15, 0.2) is 42.5 Å². The van der Waals surface area contributed by atoms with Crippen LogP contribution in [0.4, 0.5) is 11.4 Å². The molecule has 0 spiro atoms. The molecule has 0 bridgehead atoms. The van der Waals surface area contributed by atoms with Gasteiger partial charge < -0.3 is 15.0 Å². The second-order valence-corrected chi connectivity index (χ2v) is 6.97. The van der Waals surface area contributed by atoms with Gasteiger partial charge in [0.05, 0.1) is 17.6 Å². The number of anilines is 1. The Hall–Kier alpha value is -3.26. The summed E-state index contributed by atoms with van der Waals surface area (Å²) < 4.78 is 4.60. The number of rotatable bonds is 7. The van der Waals surface area contributed by atoms with Crippen molar-refractivity contribution >= 4 is 23.3 Å². The lowest BCUT2D eigenvalue weighted by molar-refractivity contribution is -0.384. The zero-order valence-electron chi connectivity index (χ0n) is 16.2. The number of hydrogen-bond acceptors (Lipinski definition) is 6. The summed E-state index contributed by atoms with van der Waals surface area (Å²) in [5.74, 6) is -1.28. The molecule has 152 valence electrons. The van der Waals surface area contributed by atoms with Gasteiger partial charge in [-0.3, -0.25) is 14.9 Å². The third kappa shape index (κ3) is 5.39. The monoisotopic (exact) mass is 397 g/mol. The number of methoxy groups -OCH3 is 1. The van der Waals surface area contributed by atoms with E-state index in [2.05, 4.69) is 15.0 Å². The Kier molecular flexibility index (Phi) is 6.56. The Bertz CT molecular complexity index is 905. The van der Waals surface area contributed by atoms with Crippen LogP contribution in [0, 0.1) is 10.1 Å². The molecule has 1 aliphatic rings. The molecular weight excluding hydrogens is 374 g/mol. The van der Waals surface area contributed by atoms with Crippen molar-refractivity contribution in [3.63, 3.8) is 0 Å². The van der Waals surface area contributed by atoms with Gasteiger partial charge in [0.2, 0.25) is 0 Å². The van der Waals surface area contributed by atoms with Gasteiger partial charge in [-0.05, 0) is 56.1 Å². The zero-order valence-corrected chi connectivity index (χ0v) is 16.2. The highest BCUT2D eigenvalue weighted by molar-refractivity contribution is 6.06. The number of carbonyl (C=O) groups excluding carboxylic acids is 2. The highest BCUT2D eigenvalue weighted by atomic mass is 16.6. The van der Waals surface area contributed by atoms with E-state index in [9.17, 15) is 19.7 Å². The number of nitrogens with zero attached hydrogens (tertiary/aromatic N) is 2. The summed E-state index contributed by atoms with van der Waals surface area (Å²) in [6.07, 6.45) is 3.47. The maximum atomic E-state index is 12.5. The van der Waals surface area contributed by atoms with Crippen molar-refractivity contribution in [2.45, 2.75) is 19.3 Å². The van der Waals surface area contributed by atoms with Crippen LogP contribution < -0.4 is 5.32 Å². The van der Waals surface area contributed by atoms with Gasteiger partial charge in [-0.25, -0.2) is 4.79 Å². The van der Waals surface area contributed by atoms with Crippen molar-refractivity contribution in [1.82, 2.24) is 4.90 Å². The van der Waals surface area contributed by atoms with E-state index in [4.69, 9.17) is 0 Å². The smallest absolute Gasteiger partial charge is 0.338 e. The molecule has 0 radical (unpaired) electrons. The van der Waals surface area contributed by atoms with E-state index in [1.54, 1.807) is 12.1 Å². The van der Waals surface area contributed by atoms with Gasteiger partial charge in [-0.1, -0.05) is 12.1 Å². The van der Waals surface area contributed by atoms with E-state index in [1.165, 1.54) is 31.6 Å². The Balaban J connectivity index is 1.68. The summed E-state index contributed by atoms with van der Waals surface area (Å²) in [6, 6.07) is 11.0. The number of nitrogens with one attached hydrogen (secondary N) is 1.